The van der Waals surface area contributed by atoms with E-state index >= 15 is 0 Å². The number of rotatable bonds is 2. The Hall–Kier alpha value is -2.29. The zero-order chi connectivity index (χ0) is 16.3. The molecule has 1 aliphatic heterocycles. The second-order valence-electron chi connectivity index (χ2n) is 6.84. The highest BCUT2D eigenvalue weighted by atomic mass is 16.2. The fourth-order valence-corrected chi connectivity index (χ4v) is 2.65. The molecule has 0 aliphatic carbocycles. The summed E-state index contributed by atoms with van der Waals surface area (Å²) in [7, 11) is 0. The van der Waals surface area contributed by atoms with Crippen LogP contribution < -0.4 is 5.73 Å². The van der Waals surface area contributed by atoms with Gasteiger partial charge in [-0.3, -0.25) is 9.48 Å². The minimum Gasteiger partial charge on any atom is -0.396 e. The van der Waals surface area contributed by atoms with Crippen LogP contribution in [-0.2, 0) is 4.79 Å². The van der Waals surface area contributed by atoms with Gasteiger partial charge in [0.05, 0.1) is 17.9 Å². The maximum atomic E-state index is 12.6. The first-order valence-electron chi connectivity index (χ1n) is 7.52. The van der Waals surface area contributed by atoms with Crippen molar-refractivity contribution in [3.63, 3.8) is 0 Å². The molecule has 0 spiro atoms. The molecule has 0 saturated carbocycles. The van der Waals surface area contributed by atoms with Crippen molar-refractivity contribution in [1.29, 1.82) is 5.26 Å². The van der Waals surface area contributed by atoms with Gasteiger partial charge in [0, 0.05) is 19.3 Å². The Morgan fingerprint density at radius 2 is 2.27 bits per heavy atom. The molecular weight excluding hydrogens is 278 g/mol. The number of hydrogen-bond acceptors (Lipinski definition) is 4. The van der Waals surface area contributed by atoms with E-state index in [4.69, 9.17) is 5.73 Å². The number of nitrogens with zero attached hydrogens (tertiary/aromatic N) is 4. The predicted octanol–water partition coefficient (Wildman–Crippen LogP) is 2.12. The highest BCUT2D eigenvalue weighted by Crippen LogP contribution is 2.24. The number of carbonyl (C=O) groups is 1. The van der Waals surface area contributed by atoms with Gasteiger partial charge < -0.3 is 10.6 Å². The first-order chi connectivity index (χ1) is 10.3. The Kier molecular flexibility index (Phi) is 4.55. The molecule has 1 saturated heterocycles. The fourth-order valence-electron chi connectivity index (χ4n) is 2.65. The van der Waals surface area contributed by atoms with Gasteiger partial charge in [-0.15, -0.1) is 0 Å². The van der Waals surface area contributed by atoms with Gasteiger partial charge in [0.15, 0.2) is 0 Å². The van der Waals surface area contributed by atoms with E-state index in [9.17, 15) is 10.1 Å². The second-order valence-corrected chi connectivity index (χ2v) is 6.84. The number of nitriles is 1. The summed E-state index contributed by atoms with van der Waals surface area (Å²) in [5.74, 6) is -0.192. The topological polar surface area (TPSA) is 87.9 Å². The van der Waals surface area contributed by atoms with Crippen molar-refractivity contribution >= 4 is 11.6 Å². The van der Waals surface area contributed by atoms with E-state index in [0.29, 0.717) is 18.8 Å². The monoisotopic (exact) mass is 301 g/mol. The number of nitrogens with two attached hydrogens (primary N) is 1. The van der Waals surface area contributed by atoms with Crippen molar-refractivity contribution in [3.05, 3.63) is 24.0 Å². The quantitative estimate of drug-likeness (QED) is 0.669. The number of nitrogen functional groups attached to an aromatic ring is 1. The van der Waals surface area contributed by atoms with Gasteiger partial charge in [0.2, 0.25) is 0 Å². The Bertz CT molecular complexity index is 617. The molecule has 0 radical (unpaired) electrons. The molecular formula is C16H23N5O. The van der Waals surface area contributed by atoms with Crippen molar-refractivity contribution in [2.45, 2.75) is 39.7 Å². The predicted molar refractivity (Wildman–Crippen MR) is 84.6 cm³/mol. The third-order valence-corrected chi connectivity index (χ3v) is 3.61. The number of carbonyl (C=O) groups excluding carboxylic acids is 1. The van der Waals surface area contributed by atoms with Crippen molar-refractivity contribution in [1.82, 2.24) is 14.7 Å². The summed E-state index contributed by atoms with van der Waals surface area (Å²) in [5.41, 5.74) is 6.34. The molecule has 1 aromatic rings. The maximum absolute atomic E-state index is 12.6. The number of amides is 1. The largest absolute Gasteiger partial charge is 0.396 e. The third-order valence-electron chi connectivity index (χ3n) is 3.61. The van der Waals surface area contributed by atoms with Crippen LogP contribution in [0.3, 0.4) is 0 Å². The van der Waals surface area contributed by atoms with Crippen LogP contribution in [0, 0.1) is 16.7 Å². The lowest BCUT2D eigenvalue weighted by atomic mass is 9.93. The van der Waals surface area contributed by atoms with Crippen molar-refractivity contribution in [2.75, 3.05) is 18.8 Å². The van der Waals surface area contributed by atoms with Crippen LogP contribution in [0.25, 0.3) is 0 Å². The Morgan fingerprint density at radius 1 is 1.55 bits per heavy atom. The highest BCUT2D eigenvalue weighted by Gasteiger charge is 2.27. The molecule has 22 heavy (non-hydrogen) atoms. The minimum atomic E-state index is -0.202. The first kappa shape index (κ1) is 16.1. The fraction of sp³-hybridized carbons (Fsp3) is 0.562. The second kappa shape index (κ2) is 6.22. The van der Waals surface area contributed by atoms with Crippen LogP contribution in [0.4, 0.5) is 5.69 Å². The van der Waals surface area contributed by atoms with Crippen LogP contribution in [0.15, 0.2) is 24.0 Å². The van der Waals surface area contributed by atoms with E-state index in [0.717, 1.165) is 12.8 Å². The van der Waals surface area contributed by atoms with Crippen LogP contribution in [0.5, 0.6) is 0 Å². The average molecular weight is 301 g/mol. The smallest absolute Gasteiger partial charge is 0.264 e. The SMILES string of the molecule is CC(C)(C)C=C(C#N)C(=O)N1CCCC(n2cc(N)cn2)C1. The van der Waals surface area contributed by atoms with Crippen LogP contribution in [-0.4, -0.2) is 33.7 Å². The molecule has 1 fully saturated rings. The molecule has 1 atom stereocenters. The summed E-state index contributed by atoms with van der Waals surface area (Å²) in [6.07, 6.45) is 6.99. The summed E-state index contributed by atoms with van der Waals surface area (Å²) in [5, 5.41) is 13.5. The number of anilines is 1. The van der Waals surface area contributed by atoms with Crippen molar-refractivity contribution in [2.24, 2.45) is 5.41 Å². The van der Waals surface area contributed by atoms with Gasteiger partial charge in [-0.05, 0) is 18.3 Å². The van der Waals surface area contributed by atoms with E-state index in [-0.39, 0.29) is 22.9 Å². The zero-order valence-electron chi connectivity index (χ0n) is 13.4. The summed E-state index contributed by atoms with van der Waals surface area (Å²) in [6, 6.07) is 2.16. The number of likely N-dealkylation sites (tertiary alicyclic amines) is 1. The Morgan fingerprint density at radius 3 is 2.82 bits per heavy atom. The zero-order valence-corrected chi connectivity index (χ0v) is 13.4. The molecule has 1 aliphatic rings. The lowest BCUT2D eigenvalue weighted by molar-refractivity contribution is -0.128. The number of hydrogen-bond donors (Lipinski definition) is 1. The van der Waals surface area contributed by atoms with Gasteiger partial charge in [-0.25, -0.2) is 0 Å². The molecule has 2 rings (SSSR count). The molecule has 2 N–H and O–H groups in total. The van der Waals surface area contributed by atoms with Crippen LogP contribution >= 0.6 is 0 Å². The molecule has 1 aromatic heterocycles. The van der Waals surface area contributed by atoms with Gasteiger partial charge >= 0.3 is 0 Å². The summed E-state index contributed by atoms with van der Waals surface area (Å²) in [4.78, 5) is 14.3. The van der Waals surface area contributed by atoms with Gasteiger partial charge in [0.1, 0.15) is 11.6 Å². The van der Waals surface area contributed by atoms with E-state index < -0.39 is 0 Å². The number of piperidine rings is 1. The highest BCUT2D eigenvalue weighted by molar-refractivity contribution is 5.97. The minimum absolute atomic E-state index is 0.115. The lowest BCUT2D eigenvalue weighted by Crippen LogP contribution is -2.41. The van der Waals surface area contributed by atoms with Gasteiger partial charge in [-0.2, -0.15) is 10.4 Å². The van der Waals surface area contributed by atoms with E-state index in [1.165, 1.54) is 0 Å². The van der Waals surface area contributed by atoms with Crippen LogP contribution in [0.2, 0.25) is 0 Å². The number of aromatic nitrogens is 2. The molecule has 0 bridgehead atoms. The van der Waals surface area contributed by atoms with Gasteiger partial charge in [0.25, 0.3) is 5.91 Å². The standard InChI is InChI=1S/C16H23N5O/c1-16(2,3)7-12(8-17)15(22)20-6-4-5-14(11-20)21-10-13(18)9-19-21/h7,9-10,14H,4-6,11,18H2,1-3H3. The van der Waals surface area contributed by atoms with E-state index in [1.54, 1.807) is 23.4 Å². The Balaban J connectivity index is 2.13. The number of allylic oxidation sites excluding steroid dienone is 1. The average Bonchev–Trinajstić information content (AvgIpc) is 2.90. The van der Waals surface area contributed by atoms with E-state index in [1.807, 2.05) is 31.5 Å². The molecule has 1 amide bonds. The summed E-state index contributed by atoms with van der Waals surface area (Å²) < 4.78 is 1.81. The lowest BCUT2D eigenvalue weighted by Gasteiger charge is -2.33. The summed E-state index contributed by atoms with van der Waals surface area (Å²) in [6.45, 7) is 7.16. The molecule has 1 unspecified atom stereocenters. The van der Waals surface area contributed by atoms with E-state index in [2.05, 4.69) is 5.10 Å². The van der Waals surface area contributed by atoms with Crippen molar-refractivity contribution < 1.29 is 4.79 Å². The first-order valence-corrected chi connectivity index (χ1v) is 7.52. The molecule has 2 heterocycles. The third kappa shape index (κ3) is 3.88. The maximum Gasteiger partial charge on any atom is 0.264 e. The van der Waals surface area contributed by atoms with Crippen molar-refractivity contribution in [3.8, 4) is 6.07 Å². The molecule has 118 valence electrons. The Labute approximate surface area is 131 Å². The van der Waals surface area contributed by atoms with Gasteiger partial charge in [-0.1, -0.05) is 26.8 Å². The molecule has 0 aromatic carbocycles. The molecule has 6 nitrogen and oxygen atoms in total. The van der Waals surface area contributed by atoms with Crippen LogP contribution in [0.1, 0.15) is 39.7 Å². The normalized spacial score (nSPS) is 19.8. The molecule has 6 heteroatoms. The summed E-state index contributed by atoms with van der Waals surface area (Å²) >= 11 is 0.